The summed E-state index contributed by atoms with van der Waals surface area (Å²) in [6, 6.07) is 12.9. The molecule has 10 heteroatoms. The van der Waals surface area contributed by atoms with Crippen molar-refractivity contribution in [3.8, 4) is 17.6 Å². The number of hydrogen-bond donors (Lipinski definition) is 3. The second-order valence-corrected chi connectivity index (χ2v) is 7.99. The summed E-state index contributed by atoms with van der Waals surface area (Å²) in [6.45, 7) is 1.50. The standard InChI is InChI=1S/C24H20FN5O4/c25-15-5-3-14(4-6-15)19-16(11-26)22(31)28-21-20(19)23(32)30-24(29-21)27-12-13-2-7-17-18(10-13)34-9-1-8-33-17/h2-7,10,16,19H,1,8-9,12H2,(H3,27,28,29,30,31,32). The van der Waals surface area contributed by atoms with Crippen LogP contribution >= 0.6 is 0 Å². The van der Waals surface area contributed by atoms with Crippen LogP contribution < -0.4 is 25.7 Å². The maximum Gasteiger partial charge on any atom is 0.258 e. The lowest BCUT2D eigenvalue weighted by Gasteiger charge is -2.28. The van der Waals surface area contributed by atoms with Gasteiger partial charge in [0, 0.05) is 18.9 Å². The number of nitrogens with zero attached hydrogens (tertiary/aromatic N) is 2. The van der Waals surface area contributed by atoms with Gasteiger partial charge in [-0.3, -0.25) is 14.6 Å². The molecule has 5 rings (SSSR count). The summed E-state index contributed by atoms with van der Waals surface area (Å²) in [5, 5.41) is 15.2. The Balaban J connectivity index is 1.44. The van der Waals surface area contributed by atoms with E-state index in [9.17, 15) is 19.2 Å². The third-order valence-corrected chi connectivity index (χ3v) is 5.76. The summed E-state index contributed by atoms with van der Waals surface area (Å²) >= 11 is 0. The van der Waals surface area contributed by atoms with Crippen molar-refractivity contribution in [1.82, 2.24) is 9.97 Å². The molecule has 1 aromatic heterocycles. The normalized spacial score (nSPS) is 18.8. The Labute approximate surface area is 193 Å². The van der Waals surface area contributed by atoms with Crippen LogP contribution in [0.1, 0.15) is 29.0 Å². The maximum absolute atomic E-state index is 13.4. The lowest BCUT2D eigenvalue weighted by molar-refractivity contribution is -0.119. The van der Waals surface area contributed by atoms with Gasteiger partial charge in [0.2, 0.25) is 11.9 Å². The smallest absolute Gasteiger partial charge is 0.258 e. The Morgan fingerprint density at radius 3 is 2.65 bits per heavy atom. The summed E-state index contributed by atoms with van der Waals surface area (Å²) < 4.78 is 24.8. The minimum atomic E-state index is -1.15. The van der Waals surface area contributed by atoms with Crippen molar-refractivity contribution in [2.24, 2.45) is 5.92 Å². The Kier molecular flexibility index (Phi) is 5.59. The van der Waals surface area contributed by atoms with Crippen LogP contribution in [-0.4, -0.2) is 29.1 Å². The number of aromatic amines is 1. The first-order valence-corrected chi connectivity index (χ1v) is 10.8. The predicted octanol–water partition coefficient (Wildman–Crippen LogP) is 2.91. The molecule has 2 unspecified atom stereocenters. The van der Waals surface area contributed by atoms with Crippen molar-refractivity contribution in [3.63, 3.8) is 0 Å². The zero-order valence-electron chi connectivity index (χ0n) is 17.9. The molecule has 1 amide bonds. The molecule has 0 bridgehead atoms. The summed E-state index contributed by atoms with van der Waals surface area (Å²) in [5.74, 6) is -1.50. The van der Waals surface area contributed by atoms with Crippen LogP contribution in [0.4, 0.5) is 16.2 Å². The van der Waals surface area contributed by atoms with Crippen LogP contribution in [0.25, 0.3) is 0 Å². The van der Waals surface area contributed by atoms with Gasteiger partial charge >= 0.3 is 0 Å². The van der Waals surface area contributed by atoms with Gasteiger partial charge in [0.15, 0.2) is 11.5 Å². The van der Waals surface area contributed by atoms with Crippen molar-refractivity contribution in [3.05, 3.63) is 75.3 Å². The second kappa shape index (κ2) is 8.86. The largest absolute Gasteiger partial charge is 0.490 e. The Morgan fingerprint density at radius 2 is 1.88 bits per heavy atom. The van der Waals surface area contributed by atoms with Crippen LogP contribution in [-0.2, 0) is 11.3 Å². The number of nitrogens with one attached hydrogen (secondary N) is 3. The average Bonchev–Trinajstić information content (AvgIpc) is 3.07. The summed E-state index contributed by atoms with van der Waals surface area (Å²) in [5.41, 5.74) is 1.01. The van der Waals surface area contributed by atoms with E-state index in [4.69, 9.17) is 9.47 Å². The number of ether oxygens (including phenoxy) is 2. The Hall–Kier alpha value is -4.39. The molecule has 172 valence electrons. The summed E-state index contributed by atoms with van der Waals surface area (Å²) in [4.78, 5) is 32.7. The van der Waals surface area contributed by atoms with E-state index in [-0.39, 0.29) is 17.3 Å². The number of carbonyl (C=O) groups is 1. The van der Waals surface area contributed by atoms with E-state index in [1.165, 1.54) is 24.3 Å². The van der Waals surface area contributed by atoms with Crippen LogP contribution in [0.5, 0.6) is 11.5 Å². The number of nitriles is 1. The number of aromatic nitrogens is 2. The van der Waals surface area contributed by atoms with E-state index < -0.39 is 29.1 Å². The monoisotopic (exact) mass is 461 g/mol. The van der Waals surface area contributed by atoms with Crippen molar-refractivity contribution in [1.29, 1.82) is 5.26 Å². The van der Waals surface area contributed by atoms with E-state index in [1.807, 2.05) is 24.3 Å². The van der Waals surface area contributed by atoms with Gasteiger partial charge in [0.1, 0.15) is 17.6 Å². The van der Waals surface area contributed by atoms with E-state index in [0.717, 1.165) is 12.0 Å². The lowest BCUT2D eigenvalue weighted by Crippen LogP contribution is -2.38. The first-order chi connectivity index (χ1) is 16.5. The second-order valence-electron chi connectivity index (χ2n) is 7.99. The van der Waals surface area contributed by atoms with Gasteiger partial charge in [-0.2, -0.15) is 10.2 Å². The third kappa shape index (κ3) is 4.03. The van der Waals surface area contributed by atoms with Crippen molar-refractivity contribution in [2.75, 3.05) is 23.8 Å². The van der Waals surface area contributed by atoms with Crippen LogP contribution in [0.15, 0.2) is 47.3 Å². The molecule has 9 nitrogen and oxygen atoms in total. The highest BCUT2D eigenvalue weighted by Crippen LogP contribution is 2.38. The van der Waals surface area contributed by atoms with Gasteiger partial charge in [-0.25, -0.2) is 4.39 Å². The fraction of sp³-hybridized carbons (Fsp3) is 0.250. The highest BCUT2D eigenvalue weighted by Gasteiger charge is 2.40. The molecule has 2 aliphatic rings. The molecule has 3 N–H and O–H groups in total. The number of halogens is 1. The highest BCUT2D eigenvalue weighted by atomic mass is 19.1. The highest BCUT2D eigenvalue weighted by molar-refractivity contribution is 5.97. The molecule has 2 atom stereocenters. The van der Waals surface area contributed by atoms with Gasteiger partial charge in [-0.1, -0.05) is 18.2 Å². The SMILES string of the molecule is N#CC1C(=O)Nc2nc(NCc3ccc4c(c3)OCCCO4)[nH]c(=O)c2C1c1ccc(F)cc1. The van der Waals surface area contributed by atoms with Crippen molar-refractivity contribution < 1.29 is 18.7 Å². The summed E-state index contributed by atoms with van der Waals surface area (Å²) in [7, 11) is 0. The van der Waals surface area contributed by atoms with E-state index in [2.05, 4.69) is 20.6 Å². The lowest BCUT2D eigenvalue weighted by atomic mass is 9.79. The number of rotatable bonds is 4. The fourth-order valence-electron chi connectivity index (χ4n) is 4.13. The van der Waals surface area contributed by atoms with E-state index in [1.54, 1.807) is 0 Å². The van der Waals surface area contributed by atoms with E-state index >= 15 is 0 Å². The zero-order chi connectivity index (χ0) is 23.7. The zero-order valence-corrected chi connectivity index (χ0v) is 17.9. The average molecular weight is 461 g/mol. The third-order valence-electron chi connectivity index (χ3n) is 5.76. The van der Waals surface area contributed by atoms with Crippen LogP contribution in [0.3, 0.4) is 0 Å². The topological polar surface area (TPSA) is 129 Å². The van der Waals surface area contributed by atoms with Gasteiger partial charge in [-0.15, -0.1) is 0 Å². The molecule has 2 aromatic carbocycles. The number of H-pyrrole nitrogens is 1. The molecule has 0 fully saturated rings. The number of carbonyl (C=O) groups excluding carboxylic acids is 1. The molecule has 0 aliphatic carbocycles. The Morgan fingerprint density at radius 1 is 1.12 bits per heavy atom. The van der Waals surface area contributed by atoms with Crippen molar-refractivity contribution >= 4 is 17.7 Å². The minimum absolute atomic E-state index is 0.0655. The van der Waals surface area contributed by atoms with Crippen molar-refractivity contribution in [2.45, 2.75) is 18.9 Å². The first kappa shape index (κ1) is 21.5. The Bertz CT molecular complexity index is 1350. The number of amides is 1. The molecule has 2 aliphatic heterocycles. The molecular weight excluding hydrogens is 441 g/mol. The van der Waals surface area contributed by atoms with Crippen LogP contribution in [0.2, 0.25) is 0 Å². The molecule has 0 saturated carbocycles. The van der Waals surface area contributed by atoms with Gasteiger partial charge < -0.3 is 20.1 Å². The van der Waals surface area contributed by atoms with Gasteiger partial charge in [-0.05, 0) is 35.4 Å². The van der Waals surface area contributed by atoms with Gasteiger partial charge in [0.05, 0.1) is 24.8 Å². The number of anilines is 2. The molecule has 0 radical (unpaired) electrons. The van der Waals surface area contributed by atoms with Gasteiger partial charge in [0.25, 0.3) is 5.56 Å². The molecule has 3 heterocycles. The summed E-state index contributed by atoms with van der Waals surface area (Å²) in [6.07, 6.45) is 0.805. The molecular formula is C24H20FN5O4. The van der Waals surface area contributed by atoms with Crippen LogP contribution in [0, 0.1) is 23.1 Å². The fourth-order valence-corrected chi connectivity index (χ4v) is 4.13. The first-order valence-electron chi connectivity index (χ1n) is 10.8. The maximum atomic E-state index is 13.4. The minimum Gasteiger partial charge on any atom is -0.490 e. The number of benzene rings is 2. The molecule has 3 aromatic rings. The predicted molar refractivity (Wildman–Crippen MR) is 120 cm³/mol. The molecule has 34 heavy (non-hydrogen) atoms. The number of hydrogen-bond acceptors (Lipinski definition) is 7. The quantitative estimate of drug-likeness (QED) is 0.545. The molecule has 0 spiro atoms. The number of fused-ring (bicyclic) bond motifs is 2. The van der Waals surface area contributed by atoms with E-state index in [0.29, 0.717) is 36.8 Å². The molecule has 0 saturated heterocycles.